The standard InChI is InChI=1S/C13H14F3NO/c1-10-2-3-12-11(8-10)4-5-17(12)6-7-18-9-13(14,15)16/h2-5,8H,6-7,9H2,1H3. The van der Waals surface area contributed by atoms with Crippen molar-refractivity contribution in [2.75, 3.05) is 13.2 Å². The number of hydrogen-bond acceptors (Lipinski definition) is 1. The van der Waals surface area contributed by atoms with Crippen LogP contribution in [0.5, 0.6) is 0 Å². The molecule has 2 nitrogen and oxygen atoms in total. The van der Waals surface area contributed by atoms with Crippen molar-refractivity contribution in [1.82, 2.24) is 4.57 Å². The fourth-order valence-corrected chi connectivity index (χ4v) is 1.87. The molecule has 0 aliphatic heterocycles. The van der Waals surface area contributed by atoms with Crippen LogP contribution < -0.4 is 0 Å². The van der Waals surface area contributed by atoms with Crippen molar-refractivity contribution in [3.63, 3.8) is 0 Å². The van der Waals surface area contributed by atoms with Crippen molar-refractivity contribution in [1.29, 1.82) is 0 Å². The van der Waals surface area contributed by atoms with Gasteiger partial charge in [-0.15, -0.1) is 0 Å². The molecule has 2 rings (SSSR count). The summed E-state index contributed by atoms with van der Waals surface area (Å²) in [6.45, 7) is 1.29. The first-order chi connectivity index (χ1) is 8.46. The largest absolute Gasteiger partial charge is 0.411 e. The molecule has 5 heteroatoms. The van der Waals surface area contributed by atoms with E-state index in [9.17, 15) is 13.2 Å². The number of aromatic nitrogens is 1. The fourth-order valence-electron chi connectivity index (χ4n) is 1.87. The molecule has 0 radical (unpaired) electrons. The van der Waals surface area contributed by atoms with Crippen molar-refractivity contribution in [3.8, 4) is 0 Å². The number of ether oxygens (including phenoxy) is 1. The van der Waals surface area contributed by atoms with Crippen molar-refractivity contribution in [3.05, 3.63) is 36.0 Å². The molecule has 1 aromatic heterocycles. The van der Waals surface area contributed by atoms with Gasteiger partial charge in [-0.3, -0.25) is 0 Å². The number of rotatable bonds is 4. The number of benzene rings is 1. The summed E-state index contributed by atoms with van der Waals surface area (Å²) in [5, 5.41) is 1.09. The SMILES string of the molecule is Cc1ccc2c(ccn2CCOCC(F)(F)F)c1. The minimum atomic E-state index is -4.25. The summed E-state index contributed by atoms with van der Waals surface area (Å²) in [5.41, 5.74) is 2.17. The predicted octanol–water partition coefficient (Wildman–Crippen LogP) is 3.53. The molecular weight excluding hydrogens is 243 g/mol. The summed E-state index contributed by atoms with van der Waals surface area (Å²) in [7, 11) is 0. The lowest BCUT2D eigenvalue weighted by atomic mass is 10.2. The highest BCUT2D eigenvalue weighted by Crippen LogP contribution is 2.18. The van der Waals surface area contributed by atoms with Crippen LogP contribution in [0.25, 0.3) is 10.9 Å². The molecule has 0 saturated heterocycles. The summed E-state index contributed by atoms with van der Waals surface area (Å²) in [5.74, 6) is 0. The van der Waals surface area contributed by atoms with Crippen LogP contribution in [0.4, 0.5) is 13.2 Å². The van der Waals surface area contributed by atoms with E-state index in [4.69, 9.17) is 0 Å². The zero-order valence-electron chi connectivity index (χ0n) is 10.00. The van der Waals surface area contributed by atoms with Crippen LogP contribution in [0.3, 0.4) is 0 Å². The van der Waals surface area contributed by atoms with E-state index in [0.717, 1.165) is 16.5 Å². The maximum atomic E-state index is 11.9. The molecule has 0 aliphatic rings. The third-order valence-corrected chi connectivity index (χ3v) is 2.67. The average molecular weight is 257 g/mol. The third kappa shape index (κ3) is 3.26. The van der Waals surface area contributed by atoms with E-state index < -0.39 is 12.8 Å². The predicted molar refractivity (Wildman–Crippen MR) is 63.5 cm³/mol. The minimum Gasteiger partial charge on any atom is -0.370 e. The minimum absolute atomic E-state index is 0.0527. The Morgan fingerprint density at radius 3 is 2.72 bits per heavy atom. The zero-order chi connectivity index (χ0) is 13.2. The van der Waals surface area contributed by atoms with Crippen LogP contribution in [0.2, 0.25) is 0 Å². The Morgan fingerprint density at radius 2 is 2.00 bits per heavy atom. The Balaban J connectivity index is 1.96. The summed E-state index contributed by atoms with van der Waals surface area (Å²) in [6.07, 6.45) is -2.39. The second kappa shape index (κ2) is 5.02. The quantitative estimate of drug-likeness (QED) is 0.764. The van der Waals surface area contributed by atoms with Gasteiger partial charge in [-0.05, 0) is 30.5 Å². The van der Waals surface area contributed by atoms with Gasteiger partial charge >= 0.3 is 6.18 Å². The third-order valence-electron chi connectivity index (χ3n) is 2.67. The Hall–Kier alpha value is -1.49. The van der Waals surface area contributed by atoms with E-state index in [1.165, 1.54) is 0 Å². The summed E-state index contributed by atoms with van der Waals surface area (Å²) in [6, 6.07) is 7.94. The molecular formula is C13H14F3NO. The number of hydrogen-bond donors (Lipinski definition) is 0. The molecule has 0 aliphatic carbocycles. The van der Waals surface area contributed by atoms with Crippen LogP contribution in [0.1, 0.15) is 5.56 Å². The molecule has 0 atom stereocenters. The van der Waals surface area contributed by atoms with E-state index in [-0.39, 0.29) is 6.61 Å². The molecule has 0 N–H and O–H groups in total. The van der Waals surface area contributed by atoms with Gasteiger partial charge in [0.1, 0.15) is 6.61 Å². The highest BCUT2D eigenvalue weighted by Gasteiger charge is 2.27. The average Bonchev–Trinajstić information content (AvgIpc) is 2.65. The maximum absolute atomic E-state index is 11.9. The Kier molecular flexibility index (Phi) is 3.61. The van der Waals surface area contributed by atoms with Gasteiger partial charge in [0.05, 0.1) is 6.61 Å². The molecule has 0 fully saturated rings. The second-order valence-electron chi connectivity index (χ2n) is 4.24. The lowest BCUT2D eigenvalue weighted by molar-refractivity contribution is -0.174. The molecule has 1 aromatic carbocycles. The van der Waals surface area contributed by atoms with Crippen molar-refractivity contribution >= 4 is 10.9 Å². The second-order valence-corrected chi connectivity index (χ2v) is 4.24. The first-order valence-corrected chi connectivity index (χ1v) is 5.66. The number of alkyl halides is 3. The van der Waals surface area contributed by atoms with E-state index in [1.54, 1.807) is 0 Å². The summed E-state index contributed by atoms with van der Waals surface area (Å²) in [4.78, 5) is 0. The number of halogens is 3. The molecule has 18 heavy (non-hydrogen) atoms. The monoisotopic (exact) mass is 257 g/mol. The van der Waals surface area contributed by atoms with Crippen LogP contribution >= 0.6 is 0 Å². The Bertz CT molecular complexity index is 531. The van der Waals surface area contributed by atoms with E-state index in [0.29, 0.717) is 6.54 Å². The van der Waals surface area contributed by atoms with Gasteiger partial charge in [0.25, 0.3) is 0 Å². The molecule has 0 saturated carbocycles. The van der Waals surface area contributed by atoms with Gasteiger partial charge in [-0.2, -0.15) is 13.2 Å². The first-order valence-electron chi connectivity index (χ1n) is 5.66. The van der Waals surface area contributed by atoms with Gasteiger partial charge in [0.15, 0.2) is 0 Å². The fraction of sp³-hybridized carbons (Fsp3) is 0.385. The van der Waals surface area contributed by atoms with E-state index in [2.05, 4.69) is 4.74 Å². The number of aryl methyl sites for hydroxylation is 1. The van der Waals surface area contributed by atoms with Crippen LogP contribution in [-0.2, 0) is 11.3 Å². The van der Waals surface area contributed by atoms with E-state index in [1.807, 2.05) is 42.0 Å². The summed E-state index contributed by atoms with van der Waals surface area (Å²) < 4.78 is 42.2. The van der Waals surface area contributed by atoms with Crippen molar-refractivity contribution < 1.29 is 17.9 Å². The highest BCUT2D eigenvalue weighted by atomic mass is 19.4. The molecule has 0 spiro atoms. The van der Waals surface area contributed by atoms with Crippen molar-refractivity contribution in [2.24, 2.45) is 0 Å². The van der Waals surface area contributed by atoms with Gasteiger partial charge < -0.3 is 9.30 Å². The number of nitrogens with zero attached hydrogens (tertiary/aromatic N) is 1. The normalized spacial score (nSPS) is 12.2. The van der Waals surface area contributed by atoms with Gasteiger partial charge in [0.2, 0.25) is 0 Å². The summed E-state index contributed by atoms with van der Waals surface area (Å²) >= 11 is 0. The van der Waals surface area contributed by atoms with Crippen LogP contribution in [0.15, 0.2) is 30.5 Å². The highest BCUT2D eigenvalue weighted by molar-refractivity contribution is 5.80. The molecule has 0 bridgehead atoms. The molecule has 98 valence electrons. The van der Waals surface area contributed by atoms with Gasteiger partial charge in [-0.25, -0.2) is 0 Å². The smallest absolute Gasteiger partial charge is 0.370 e. The Morgan fingerprint density at radius 1 is 1.22 bits per heavy atom. The van der Waals surface area contributed by atoms with Gasteiger partial charge in [0, 0.05) is 18.3 Å². The first kappa shape index (κ1) is 13.0. The van der Waals surface area contributed by atoms with E-state index >= 15 is 0 Å². The lowest BCUT2D eigenvalue weighted by Gasteiger charge is -2.09. The zero-order valence-corrected chi connectivity index (χ0v) is 10.00. The Labute approximate surface area is 103 Å². The van der Waals surface area contributed by atoms with Crippen LogP contribution in [-0.4, -0.2) is 24.0 Å². The lowest BCUT2D eigenvalue weighted by Crippen LogP contribution is -2.18. The van der Waals surface area contributed by atoms with Gasteiger partial charge in [-0.1, -0.05) is 11.6 Å². The molecule has 2 aromatic rings. The van der Waals surface area contributed by atoms with Crippen LogP contribution in [0, 0.1) is 6.92 Å². The maximum Gasteiger partial charge on any atom is 0.411 e. The number of fused-ring (bicyclic) bond motifs is 1. The molecule has 1 heterocycles. The molecule has 0 unspecified atom stereocenters. The molecule has 0 amide bonds. The van der Waals surface area contributed by atoms with Crippen molar-refractivity contribution in [2.45, 2.75) is 19.6 Å². The topological polar surface area (TPSA) is 14.2 Å².